The molecule has 1 aliphatic heterocycles. The average molecular weight is 289 g/mol. The summed E-state index contributed by atoms with van der Waals surface area (Å²) in [6.07, 6.45) is 0.880. The van der Waals surface area contributed by atoms with E-state index >= 15 is 0 Å². The second-order valence-corrected chi connectivity index (χ2v) is 6.22. The first-order valence-corrected chi connectivity index (χ1v) is 7.23. The van der Waals surface area contributed by atoms with Crippen LogP contribution in [0.3, 0.4) is 0 Å². The molecule has 1 aromatic heterocycles. The van der Waals surface area contributed by atoms with Gasteiger partial charge in [0.25, 0.3) is 0 Å². The van der Waals surface area contributed by atoms with Crippen molar-refractivity contribution in [2.75, 3.05) is 7.11 Å². The molecule has 0 saturated heterocycles. The molecule has 2 heterocycles. The first kappa shape index (κ1) is 13.1. The molecule has 0 radical (unpaired) electrons. The van der Waals surface area contributed by atoms with Crippen LogP contribution in [0.1, 0.15) is 29.9 Å². The summed E-state index contributed by atoms with van der Waals surface area (Å²) in [5, 5.41) is 2.49. The highest BCUT2D eigenvalue weighted by molar-refractivity contribution is 7.13. The second kappa shape index (κ2) is 4.59. The molecule has 1 aliphatic rings. The van der Waals surface area contributed by atoms with Gasteiger partial charge in [0.15, 0.2) is 5.69 Å². The number of thiazole rings is 1. The van der Waals surface area contributed by atoms with Crippen molar-refractivity contribution >= 4 is 17.3 Å². The number of rotatable bonds is 2. The number of ether oxygens (including phenoxy) is 2. The number of esters is 1. The summed E-state index contributed by atoms with van der Waals surface area (Å²) in [6.45, 7) is 4.14. The van der Waals surface area contributed by atoms with E-state index < -0.39 is 5.97 Å². The SMILES string of the molecule is COC(=O)c1csc(-c2cccc3c2OC(C)(C)C3)n1. The molecule has 0 spiro atoms. The monoisotopic (exact) mass is 289 g/mol. The van der Waals surface area contributed by atoms with Crippen molar-refractivity contribution in [3.05, 3.63) is 34.8 Å². The normalized spacial score (nSPS) is 15.6. The summed E-state index contributed by atoms with van der Waals surface area (Å²) < 4.78 is 10.7. The minimum atomic E-state index is -0.415. The van der Waals surface area contributed by atoms with E-state index in [0.717, 1.165) is 22.7 Å². The number of hydrogen-bond acceptors (Lipinski definition) is 5. The first-order chi connectivity index (χ1) is 9.50. The molecule has 0 N–H and O–H groups in total. The number of methoxy groups -OCH3 is 1. The molecule has 3 rings (SSSR count). The van der Waals surface area contributed by atoms with Crippen LogP contribution in [-0.4, -0.2) is 23.7 Å². The van der Waals surface area contributed by atoms with Gasteiger partial charge in [-0.05, 0) is 25.5 Å². The third-order valence-corrected chi connectivity index (χ3v) is 4.10. The molecule has 0 fully saturated rings. The van der Waals surface area contributed by atoms with E-state index in [4.69, 9.17) is 4.74 Å². The maximum Gasteiger partial charge on any atom is 0.357 e. The van der Waals surface area contributed by atoms with Crippen LogP contribution in [0.4, 0.5) is 0 Å². The maximum absolute atomic E-state index is 11.5. The fraction of sp³-hybridized carbons (Fsp3) is 0.333. The number of carbonyl (C=O) groups is 1. The van der Waals surface area contributed by atoms with Gasteiger partial charge in [-0.3, -0.25) is 0 Å². The predicted molar refractivity (Wildman–Crippen MR) is 77.3 cm³/mol. The van der Waals surface area contributed by atoms with Crippen molar-refractivity contribution in [2.45, 2.75) is 25.9 Å². The highest BCUT2D eigenvalue weighted by Crippen LogP contribution is 2.42. The third kappa shape index (κ3) is 2.18. The van der Waals surface area contributed by atoms with Gasteiger partial charge >= 0.3 is 5.97 Å². The third-order valence-electron chi connectivity index (χ3n) is 3.22. The zero-order chi connectivity index (χ0) is 14.3. The molecule has 1 aromatic carbocycles. The number of hydrogen-bond donors (Lipinski definition) is 0. The molecule has 0 aliphatic carbocycles. The van der Waals surface area contributed by atoms with Gasteiger partial charge in [-0.25, -0.2) is 9.78 Å². The molecule has 0 bridgehead atoms. The summed E-state index contributed by atoms with van der Waals surface area (Å²) >= 11 is 1.42. The molecule has 0 atom stereocenters. The summed E-state index contributed by atoms with van der Waals surface area (Å²) in [5.74, 6) is 0.463. The highest BCUT2D eigenvalue weighted by atomic mass is 32.1. The predicted octanol–water partition coefficient (Wildman–Crippen LogP) is 3.31. The highest BCUT2D eigenvalue weighted by Gasteiger charge is 2.32. The van der Waals surface area contributed by atoms with E-state index in [1.54, 1.807) is 5.38 Å². The van der Waals surface area contributed by atoms with E-state index in [0.29, 0.717) is 5.69 Å². The van der Waals surface area contributed by atoms with Gasteiger partial charge in [-0.15, -0.1) is 11.3 Å². The lowest BCUT2D eigenvalue weighted by Crippen LogP contribution is -2.24. The Balaban J connectivity index is 2.03. The molecular formula is C15H15NO3S. The van der Waals surface area contributed by atoms with Gasteiger partial charge in [-0.2, -0.15) is 0 Å². The summed E-state index contributed by atoms with van der Waals surface area (Å²) in [6, 6.07) is 6.04. The van der Waals surface area contributed by atoms with Crippen molar-refractivity contribution in [1.82, 2.24) is 4.98 Å². The molecule has 0 saturated carbocycles. The Morgan fingerprint density at radius 2 is 2.25 bits per heavy atom. The summed E-state index contributed by atoms with van der Waals surface area (Å²) in [7, 11) is 1.35. The fourth-order valence-electron chi connectivity index (χ4n) is 2.38. The lowest BCUT2D eigenvalue weighted by Gasteiger charge is -2.17. The number of aromatic nitrogens is 1. The summed E-state index contributed by atoms with van der Waals surface area (Å²) in [4.78, 5) is 15.8. The number of benzene rings is 1. The fourth-order valence-corrected chi connectivity index (χ4v) is 3.19. The van der Waals surface area contributed by atoms with E-state index in [1.165, 1.54) is 24.0 Å². The zero-order valence-corrected chi connectivity index (χ0v) is 12.4. The Kier molecular flexibility index (Phi) is 3.01. The van der Waals surface area contributed by atoms with Gasteiger partial charge < -0.3 is 9.47 Å². The molecule has 2 aromatic rings. The van der Waals surface area contributed by atoms with Crippen molar-refractivity contribution in [2.24, 2.45) is 0 Å². The van der Waals surface area contributed by atoms with E-state index in [9.17, 15) is 4.79 Å². The molecule has 5 heteroatoms. The van der Waals surface area contributed by atoms with Gasteiger partial charge in [0.2, 0.25) is 0 Å². The number of carbonyl (C=O) groups excluding carboxylic acids is 1. The lowest BCUT2D eigenvalue weighted by molar-refractivity contribution is 0.0595. The summed E-state index contributed by atoms with van der Waals surface area (Å²) in [5.41, 5.74) is 2.26. The molecule has 20 heavy (non-hydrogen) atoms. The van der Waals surface area contributed by atoms with E-state index in [1.807, 2.05) is 12.1 Å². The Bertz CT molecular complexity index is 676. The van der Waals surface area contributed by atoms with Crippen LogP contribution in [0.5, 0.6) is 5.75 Å². The van der Waals surface area contributed by atoms with Gasteiger partial charge in [-0.1, -0.05) is 12.1 Å². The van der Waals surface area contributed by atoms with E-state index in [2.05, 4.69) is 29.6 Å². The van der Waals surface area contributed by atoms with Crippen molar-refractivity contribution < 1.29 is 14.3 Å². The van der Waals surface area contributed by atoms with Crippen molar-refractivity contribution in [3.8, 4) is 16.3 Å². The van der Waals surface area contributed by atoms with Crippen LogP contribution in [0.2, 0.25) is 0 Å². The Morgan fingerprint density at radius 3 is 3.00 bits per heavy atom. The number of para-hydroxylation sites is 1. The molecule has 0 unspecified atom stereocenters. The van der Waals surface area contributed by atoms with Crippen LogP contribution in [-0.2, 0) is 11.2 Å². The zero-order valence-electron chi connectivity index (χ0n) is 11.6. The Hall–Kier alpha value is -1.88. The van der Waals surface area contributed by atoms with Crippen LogP contribution >= 0.6 is 11.3 Å². The minimum Gasteiger partial charge on any atom is -0.486 e. The van der Waals surface area contributed by atoms with Gasteiger partial charge in [0.1, 0.15) is 16.4 Å². The minimum absolute atomic E-state index is 0.194. The Labute approximate surface area is 121 Å². The van der Waals surface area contributed by atoms with Crippen LogP contribution in [0.25, 0.3) is 10.6 Å². The molecule has 0 amide bonds. The quantitative estimate of drug-likeness (QED) is 0.796. The van der Waals surface area contributed by atoms with Crippen LogP contribution in [0.15, 0.2) is 23.6 Å². The first-order valence-electron chi connectivity index (χ1n) is 6.35. The van der Waals surface area contributed by atoms with Crippen molar-refractivity contribution in [3.63, 3.8) is 0 Å². The van der Waals surface area contributed by atoms with Gasteiger partial charge in [0.05, 0.1) is 12.7 Å². The average Bonchev–Trinajstić information content (AvgIpc) is 2.99. The molecule has 4 nitrogen and oxygen atoms in total. The Morgan fingerprint density at radius 1 is 1.45 bits per heavy atom. The maximum atomic E-state index is 11.5. The standard InChI is InChI=1S/C15H15NO3S/c1-15(2)7-9-5-4-6-10(12(9)19-15)13-16-11(8-20-13)14(17)18-3/h4-6,8H,7H2,1-3H3. The lowest BCUT2D eigenvalue weighted by atomic mass is 10.0. The number of nitrogens with zero attached hydrogens (tertiary/aromatic N) is 1. The van der Waals surface area contributed by atoms with Crippen molar-refractivity contribution in [1.29, 1.82) is 0 Å². The number of fused-ring (bicyclic) bond motifs is 1. The molecular weight excluding hydrogens is 274 g/mol. The van der Waals surface area contributed by atoms with E-state index in [-0.39, 0.29) is 5.60 Å². The topological polar surface area (TPSA) is 48.4 Å². The largest absolute Gasteiger partial charge is 0.486 e. The smallest absolute Gasteiger partial charge is 0.357 e. The van der Waals surface area contributed by atoms with Crippen LogP contribution in [0, 0.1) is 0 Å². The van der Waals surface area contributed by atoms with Gasteiger partial charge in [0, 0.05) is 11.8 Å². The molecule has 104 valence electrons. The second-order valence-electron chi connectivity index (χ2n) is 5.36. The van der Waals surface area contributed by atoms with Crippen LogP contribution < -0.4 is 4.74 Å².